The third kappa shape index (κ3) is 3.83. The second-order valence-corrected chi connectivity index (χ2v) is 10.9. The Kier molecular flexibility index (Phi) is 5.24. The number of hydrogen-bond acceptors (Lipinski definition) is 5. The lowest BCUT2D eigenvalue weighted by molar-refractivity contribution is 0.100. The monoisotopic (exact) mass is 480 g/mol. The maximum Gasteiger partial charge on any atom is 0.279 e. The Balaban J connectivity index is 1.72. The molecule has 2 aliphatic rings. The number of amidine groups is 1. The third-order valence-corrected chi connectivity index (χ3v) is 8.42. The van der Waals surface area contributed by atoms with E-state index in [-0.39, 0.29) is 28.7 Å². The summed E-state index contributed by atoms with van der Waals surface area (Å²) in [6.07, 6.45) is 0. The van der Waals surface area contributed by atoms with Crippen molar-refractivity contribution in [2.24, 2.45) is 4.99 Å². The Morgan fingerprint density at radius 1 is 1.21 bits per heavy atom. The van der Waals surface area contributed by atoms with E-state index in [1.807, 2.05) is 29.2 Å². The topological polar surface area (TPSA) is 76.0 Å². The van der Waals surface area contributed by atoms with Gasteiger partial charge in [-0.05, 0) is 36.4 Å². The molecule has 28 heavy (non-hydrogen) atoms. The first-order valence-electron chi connectivity index (χ1n) is 8.55. The molecule has 0 N–H and O–H groups in total. The first-order valence-corrected chi connectivity index (χ1v) is 12.0. The second kappa shape index (κ2) is 7.53. The number of nitrogens with zero attached hydrogens (tertiary/aromatic N) is 2. The molecule has 2 aliphatic heterocycles. The van der Waals surface area contributed by atoms with Crippen LogP contribution in [0.4, 0.5) is 5.69 Å². The molecular weight excluding hydrogens is 464 g/mol. The van der Waals surface area contributed by atoms with E-state index in [1.54, 1.807) is 31.4 Å². The number of rotatable bonds is 3. The lowest BCUT2D eigenvalue weighted by atomic mass is 10.2. The molecule has 2 atom stereocenters. The Bertz CT molecular complexity index is 1050. The summed E-state index contributed by atoms with van der Waals surface area (Å²) in [6.45, 7) is 0. The molecule has 9 heteroatoms. The van der Waals surface area contributed by atoms with Gasteiger partial charge < -0.3 is 9.64 Å². The fourth-order valence-electron chi connectivity index (χ4n) is 3.37. The van der Waals surface area contributed by atoms with Gasteiger partial charge in [0.1, 0.15) is 5.75 Å². The van der Waals surface area contributed by atoms with Gasteiger partial charge in [0, 0.05) is 27.0 Å². The van der Waals surface area contributed by atoms with Gasteiger partial charge in [-0.1, -0.05) is 33.8 Å². The quantitative estimate of drug-likeness (QED) is 0.669. The number of aliphatic imine (C=N–C) groups is 1. The third-order valence-electron chi connectivity index (χ3n) is 4.69. The van der Waals surface area contributed by atoms with E-state index in [0.717, 1.165) is 10.2 Å². The van der Waals surface area contributed by atoms with E-state index in [2.05, 4.69) is 20.9 Å². The maximum atomic E-state index is 12.7. The zero-order chi connectivity index (χ0) is 19.9. The van der Waals surface area contributed by atoms with Gasteiger partial charge in [-0.3, -0.25) is 4.79 Å². The average Bonchev–Trinajstić information content (AvgIpc) is 3.12. The summed E-state index contributed by atoms with van der Waals surface area (Å²) in [5.74, 6) is 0.443. The van der Waals surface area contributed by atoms with Gasteiger partial charge in [0.15, 0.2) is 15.0 Å². The largest absolute Gasteiger partial charge is 0.497 e. The molecule has 1 amide bonds. The molecule has 4 rings (SSSR count). The fourth-order valence-corrected chi connectivity index (χ4v) is 7.55. The number of halogens is 1. The van der Waals surface area contributed by atoms with Gasteiger partial charge in [0.2, 0.25) is 0 Å². The molecule has 2 heterocycles. The number of sulfone groups is 1. The van der Waals surface area contributed by atoms with E-state index in [4.69, 9.17) is 4.74 Å². The fraction of sp³-hybridized carbons (Fsp3) is 0.263. The predicted molar refractivity (Wildman–Crippen MR) is 115 cm³/mol. The van der Waals surface area contributed by atoms with Gasteiger partial charge in [-0.2, -0.15) is 4.99 Å². The van der Waals surface area contributed by atoms with Crippen LogP contribution >= 0.6 is 27.7 Å². The van der Waals surface area contributed by atoms with Crippen molar-refractivity contribution in [1.82, 2.24) is 0 Å². The molecule has 2 aromatic carbocycles. The summed E-state index contributed by atoms with van der Waals surface area (Å²) in [4.78, 5) is 18.9. The van der Waals surface area contributed by atoms with Crippen LogP contribution in [0.25, 0.3) is 0 Å². The number of amides is 1. The van der Waals surface area contributed by atoms with E-state index < -0.39 is 9.84 Å². The zero-order valence-electron chi connectivity index (χ0n) is 14.9. The highest BCUT2D eigenvalue weighted by Gasteiger charge is 2.49. The van der Waals surface area contributed by atoms with Crippen molar-refractivity contribution in [2.75, 3.05) is 23.5 Å². The molecule has 0 radical (unpaired) electrons. The Morgan fingerprint density at radius 2 is 1.96 bits per heavy atom. The first kappa shape index (κ1) is 19.5. The van der Waals surface area contributed by atoms with Crippen LogP contribution in [0.3, 0.4) is 0 Å². The summed E-state index contributed by atoms with van der Waals surface area (Å²) in [5, 5.41) is 0.374. The van der Waals surface area contributed by atoms with Crippen molar-refractivity contribution in [3.05, 3.63) is 58.6 Å². The van der Waals surface area contributed by atoms with Crippen molar-refractivity contribution in [3.8, 4) is 5.75 Å². The predicted octanol–water partition coefficient (Wildman–Crippen LogP) is 3.37. The van der Waals surface area contributed by atoms with E-state index in [1.165, 1.54) is 11.8 Å². The summed E-state index contributed by atoms with van der Waals surface area (Å²) >= 11 is 4.70. The number of ether oxygens (including phenoxy) is 1. The molecule has 0 aliphatic carbocycles. The molecule has 2 fully saturated rings. The lowest BCUT2D eigenvalue weighted by Gasteiger charge is -2.24. The van der Waals surface area contributed by atoms with Crippen molar-refractivity contribution in [2.45, 2.75) is 11.3 Å². The number of anilines is 1. The van der Waals surface area contributed by atoms with Crippen molar-refractivity contribution >= 4 is 54.3 Å². The number of benzene rings is 2. The van der Waals surface area contributed by atoms with Gasteiger partial charge in [0.05, 0.1) is 24.7 Å². The Morgan fingerprint density at radius 3 is 2.68 bits per heavy atom. The van der Waals surface area contributed by atoms with Crippen LogP contribution in [-0.4, -0.2) is 49.4 Å². The minimum absolute atomic E-state index is 0.0490. The van der Waals surface area contributed by atoms with E-state index >= 15 is 0 Å². The molecule has 146 valence electrons. The van der Waals surface area contributed by atoms with Crippen LogP contribution < -0.4 is 9.64 Å². The SMILES string of the molecule is COc1cccc(N2C(=NC(=O)c3ccc(Br)cc3)S[C@@H]3CS(=O)(=O)C[C@@H]32)c1. The molecule has 0 spiro atoms. The van der Waals surface area contributed by atoms with Gasteiger partial charge >= 0.3 is 0 Å². The van der Waals surface area contributed by atoms with E-state index in [0.29, 0.717) is 16.5 Å². The van der Waals surface area contributed by atoms with Gasteiger partial charge in [-0.15, -0.1) is 0 Å². The number of thioether (sulfide) groups is 1. The summed E-state index contributed by atoms with van der Waals surface area (Å²) in [7, 11) is -1.53. The minimum atomic E-state index is -3.11. The average molecular weight is 481 g/mol. The molecule has 2 saturated heterocycles. The highest BCUT2D eigenvalue weighted by molar-refractivity contribution is 9.10. The highest BCUT2D eigenvalue weighted by atomic mass is 79.9. The summed E-state index contributed by atoms with van der Waals surface area (Å²) in [6, 6.07) is 14.1. The molecular formula is C19H17BrN2O4S2. The smallest absolute Gasteiger partial charge is 0.279 e. The van der Waals surface area contributed by atoms with Crippen molar-refractivity contribution < 1.29 is 17.9 Å². The van der Waals surface area contributed by atoms with Crippen LogP contribution in [-0.2, 0) is 9.84 Å². The number of hydrogen-bond donors (Lipinski definition) is 0. The van der Waals surface area contributed by atoms with Crippen LogP contribution in [0, 0.1) is 0 Å². The number of methoxy groups -OCH3 is 1. The van der Waals surface area contributed by atoms with Gasteiger partial charge in [-0.25, -0.2) is 8.42 Å². The summed E-state index contributed by atoms with van der Waals surface area (Å²) < 4.78 is 30.5. The lowest BCUT2D eigenvalue weighted by Crippen LogP contribution is -2.37. The molecule has 0 unspecified atom stereocenters. The van der Waals surface area contributed by atoms with Crippen molar-refractivity contribution in [3.63, 3.8) is 0 Å². The van der Waals surface area contributed by atoms with Gasteiger partial charge in [0.25, 0.3) is 5.91 Å². The van der Waals surface area contributed by atoms with Crippen LogP contribution in [0.15, 0.2) is 58.0 Å². The molecule has 0 saturated carbocycles. The summed E-state index contributed by atoms with van der Waals surface area (Å²) in [5.41, 5.74) is 1.24. The number of carbonyl (C=O) groups is 1. The molecule has 6 nitrogen and oxygen atoms in total. The normalized spacial score (nSPS) is 24.4. The highest BCUT2D eigenvalue weighted by Crippen LogP contribution is 2.41. The first-order chi connectivity index (χ1) is 13.4. The zero-order valence-corrected chi connectivity index (χ0v) is 18.1. The van der Waals surface area contributed by atoms with E-state index in [9.17, 15) is 13.2 Å². The van der Waals surface area contributed by atoms with Crippen LogP contribution in [0.1, 0.15) is 10.4 Å². The maximum absolute atomic E-state index is 12.7. The molecule has 2 aromatic rings. The standard InChI is InChI=1S/C19H17BrN2O4S2/c1-26-15-4-2-3-14(9-15)22-16-10-28(24,25)11-17(16)27-19(22)21-18(23)12-5-7-13(20)8-6-12/h2-9,16-17H,10-11H2,1H3/t16-,17+/m0/s1. The number of fused-ring (bicyclic) bond motifs is 1. The second-order valence-electron chi connectivity index (χ2n) is 6.58. The molecule has 0 aromatic heterocycles. The Labute approximate surface area is 176 Å². The number of carbonyl (C=O) groups excluding carboxylic acids is 1. The minimum Gasteiger partial charge on any atom is -0.497 e. The van der Waals surface area contributed by atoms with Crippen LogP contribution in [0.5, 0.6) is 5.75 Å². The molecule has 0 bridgehead atoms. The van der Waals surface area contributed by atoms with Crippen molar-refractivity contribution in [1.29, 1.82) is 0 Å². The van der Waals surface area contributed by atoms with Crippen LogP contribution in [0.2, 0.25) is 0 Å². The Hall–Kier alpha value is -1.84.